The molecule has 0 unspecified atom stereocenters. The van der Waals surface area contributed by atoms with Crippen molar-refractivity contribution >= 4 is 11.9 Å². The SMILES string of the molecule is CC(C)(C)C(=O)OCOC(=O)C1CC1. The Morgan fingerprint density at radius 2 is 1.79 bits per heavy atom. The summed E-state index contributed by atoms with van der Waals surface area (Å²) < 4.78 is 9.52. The lowest BCUT2D eigenvalue weighted by Crippen LogP contribution is -2.24. The summed E-state index contributed by atoms with van der Waals surface area (Å²) in [5.41, 5.74) is -0.550. The summed E-state index contributed by atoms with van der Waals surface area (Å²) in [6.45, 7) is 4.99. The Hall–Kier alpha value is -1.06. The van der Waals surface area contributed by atoms with Crippen LogP contribution in [0.2, 0.25) is 0 Å². The third-order valence-corrected chi connectivity index (χ3v) is 1.91. The minimum atomic E-state index is -0.550. The molecule has 1 aliphatic rings. The molecule has 0 aromatic heterocycles. The summed E-state index contributed by atoms with van der Waals surface area (Å²) in [5, 5.41) is 0. The maximum absolute atomic E-state index is 11.2. The second-order valence-corrected chi connectivity index (χ2v) is 4.54. The van der Waals surface area contributed by atoms with Gasteiger partial charge in [0.2, 0.25) is 6.79 Å². The molecule has 14 heavy (non-hydrogen) atoms. The number of ether oxygens (including phenoxy) is 2. The molecule has 0 heterocycles. The first-order valence-electron chi connectivity index (χ1n) is 4.75. The highest BCUT2D eigenvalue weighted by molar-refractivity contribution is 5.76. The maximum atomic E-state index is 11.2. The van der Waals surface area contributed by atoms with Crippen LogP contribution in [-0.2, 0) is 19.1 Å². The average Bonchev–Trinajstić information content (AvgIpc) is 2.84. The van der Waals surface area contributed by atoms with E-state index in [-0.39, 0.29) is 24.6 Å². The molecule has 0 atom stereocenters. The van der Waals surface area contributed by atoms with E-state index in [1.807, 2.05) is 0 Å². The second-order valence-electron chi connectivity index (χ2n) is 4.54. The third-order valence-electron chi connectivity index (χ3n) is 1.91. The highest BCUT2D eigenvalue weighted by Crippen LogP contribution is 2.30. The van der Waals surface area contributed by atoms with Crippen LogP contribution in [0.1, 0.15) is 33.6 Å². The molecule has 0 aliphatic heterocycles. The van der Waals surface area contributed by atoms with Gasteiger partial charge in [-0.2, -0.15) is 0 Å². The average molecular weight is 200 g/mol. The topological polar surface area (TPSA) is 52.6 Å². The van der Waals surface area contributed by atoms with Crippen LogP contribution in [0.4, 0.5) is 0 Å². The number of carbonyl (C=O) groups is 2. The fraction of sp³-hybridized carbons (Fsp3) is 0.800. The first kappa shape index (κ1) is 11.0. The smallest absolute Gasteiger partial charge is 0.314 e. The number of esters is 2. The Bertz CT molecular complexity index is 235. The Morgan fingerprint density at radius 3 is 2.21 bits per heavy atom. The molecule has 0 spiro atoms. The van der Waals surface area contributed by atoms with Gasteiger partial charge in [-0.05, 0) is 33.6 Å². The van der Waals surface area contributed by atoms with Crippen LogP contribution >= 0.6 is 0 Å². The molecule has 1 fully saturated rings. The Balaban J connectivity index is 2.14. The van der Waals surface area contributed by atoms with E-state index in [4.69, 9.17) is 9.47 Å². The molecule has 0 saturated heterocycles. The van der Waals surface area contributed by atoms with Gasteiger partial charge in [-0.15, -0.1) is 0 Å². The minimum absolute atomic E-state index is 0.0448. The number of hydrogen-bond acceptors (Lipinski definition) is 4. The fourth-order valence-corrected chi connectivity index (χ4v) is 0.794. The van der Waals surface area contributed by atoms with Crippen molar-refractivity contribution in [2.75, 3.05) is 6.79 Å². The lowest BCUT2D eigenvalue weighted by Gasteiger charge is -2.16. The predicted molar refractivity (Wildman–Crippen MR) is 49.2 cm³/mol. The Kier molecular flexibility index (Phi) is 3.13. The van der Waals surface area contributed by atoms with Gasteiger partial charge in [-0.1, -0.05) is 0 Å². The van der Waals surface area contributed by atoms with E-state index in [9.17, 15) is 9.59 Å². The summed E-state index contributed by atoms with van der Waals surface area (Å²) in [5.74, 6) is -0.573. The van der Waals surface area contributed by atoms with E-state index in [0.717, 1.165) is 12.8 Å². The van der Waals surface area contributed by atoms with Crippen LogP contribution in [0.5, 0.6) is 0 Å². The fourth-order valence-electron chi connectivity index (χ4n) is 0.794. The van der Waals surface area contributed by atoms with Crippen LogP contribution in [-0.4, -0.2) is 18.7 Å². The van der Waals surface area contributed by atoms with Gasteiger partial charge in [-0.3, -0.25) is 9.59 Å². The summed E-state index contributed by atoms with van der Waals surface area (Å²) in [4.78, 5) is 22.2. The molecule has 1 aliphatic carbocycles. The Morgan fingerprint density at radius 1 is 1.21 bits per heavy atom. The lowest BCUT2D eigenvalue weighted by atomic mass is 9.98. The second kappa shape index (κ2) is 3.98. The van der Waals surface area contributed by atoms with Gasteiger partial charge in [0.1, 0.15) is 0 Å². The monoisotopic (exact) mass is 200 g/mol. The highest BCUT2D eigenvalue weighted by atomic mass is 16.7. The predicted octanol–water partition coefficient (Wildman–Crippen LogP) is 1.49. The normalized spacial score (nSPS) is 16.2. The van der Waals surface area contributed by atoms with Crippen molar-refractivity contribution in [3.63, 3.8) is 0 Å². The zero-order chi connectivity index (χ0) is 10.8. The van der Waals surface area contributed by atoms with Crippen molar-refractivity contribution in [3.8, 4) is 0 Å². The van der Waals surface area contributed by atoms with Crippen molar-refractivity contribution in [2.24, 2.45) is 11.3 Å². The van der Waals surface area contributed by atoms with Gasteiger partial charge in [0, 0.05) is 0 Å². The van der Waals surface area contributed by atoms with E-state index in [1.54, 1.807) is 20.8 Å². The lowest BCUT2D eigenvalue weighted by molar-refractivity contribution is -0.173. The number of carbonyl (C=O) groups excluding carboxylic acids is 2. The zero-order valence-corrected chi connectivity index (χ0v) is 8.83. The zero-order valence-electron chi connectivity index (χ0n) is 8.83. The van der Waals surface area contributed by atoms with Crippen molar-refractivity contribution in [2.45, 2.75) is 33.6 Å². The van der Waals surface area contributed by atoms with Gasteiger partial charge >= 0.3 is 11.9 Å². The Labute approximate surface area is 83.6 Å². The van der Waals surface area contributed by atoms with Gasteiger partial charge in [0.15, 0.2) is 0 Å². The molecule has 0 N–H and O–H groups in total. The maximum Gasteiger partial charge on any atom is 0.314 e. The first-order chi connectivity index (χ1) is 6.41. The summed E-state index contributed by atoms with van der Waals surface area (Å²) in [6, 6.07) is 0. The van der Waals surface area contributed by atoms with Crippen molar-refractivity contribution in [1.82, 2.24) is 0 Å². The highest BCUT2D eigenvalue weighted by Gasteiger charge is 2.31. The summed E-state index contributed by atoms with van der Waals surface area (Å²) in [7, 11) is 0. The standard InChI is InChI=1S/C10H16O4/c1-10(2,3)9(12)14-6-13-8(11)7-4-5-7/h7H,4-6H2,1-3H3. The first-order valence-corrected chi connectivity index (χ1v) is 4.75. The largest absolute Gasteiger partial charge is 0.428 e. The molecule has 0 aromatic carbocycles. The molecule has 1 rings (SSSR count). The summed E-state index contributed by atoms with van der Waals surface area (Å²) >= 11 is 0. The van der Waals surface area contributed by atoms with Crippen LogP contribution in [0.15, 0.2) is 0 Å². The molecule has 0 aromatic rings. The van der Waals surface area contributed by atoms with E-state index >= 15 is 0 Å². The van der Waals surface area contributed by atoms with Gasteiger partial charge in [-0.25, -0.2) is 0 Å². The van der Waals surface area contributed by atoms with Crippen LogP contribution in [0.3, 0.4) is 0 Å². The van der Waals surface area contributed by atoms with Gasteiger partial charge in [0.05, 0.1) is 11.3 Å². The van der Waals surface area contributed by atoms with E-state index in [2.05, 4.69) is 0 Å². The molecule has 1 saturated carbocycles. The quantitative estimate of drug-likeness (QED) is 0.511. The van der Waals surface area contributed by atoms with Crippen LogP contribution < -0.4 is 0 Å². The number of rotatable bonds is 3. The number of hydrogen-bond donors (Lipinski definition) is 0. The van der Waals surface area contributed by atoms with E-state index in [0.29, 0.717) is 0 Å². The molecule has 4 nitrogen and oxygen atoms in total. The van der Waals surface area contributed by atoms with E-state index < -0.39 is 5.41 Å². The summed E-state index contributed by atoms with van der Waals surface area (Å²) in [6.07, 6.45) is 1.79. The molecule has 80 valence electrons. The van der Waals surface area contributed by atoms with Crippen LogP contribution in [0.25, 0.3) is 0 Å². The van der Waals surface area contributed by atoms with Crippen molar-refractivity contribution in [3.05, 3.63) is 0 Å². The molecule has 0 bridgehead atoms. The van der Waals surface area contributed by atoms with Crippen molar-refractivity contribution in [1.29, 1.82) is 0 Å². The van der Waals surface area contributed by atoms with Gasteiger partial charge in [0.25, 0.3) is 0 Å². The molecular formula is C10H16O4. The van der Waals surface area contributed by atoms with Crippen LogP contribution in [0, 0.1) is 11.3 Å². The molecule has 0 radical (unpaired) electrons. The van der Waals surface area contributed by atoms with E-state index in [1.165, 1.54) is 0 Å². The minimum Gasteiger partial charge on any atom is -0.428 e. The van der Waals surface area contributed by atoms with Crippen molar-refractivity contribution < 1.29 is 19.1 Å². The molecule has 0 amide bonds. The van der Waals surface area contributed by atoms with Gasteiger partial charge < -0.3 is 9.47 Å². The molecule has 4 heteroatoms. The molecular weight excluding hydrogens is 184 g/mol. The third kappa shape index (κ3) is 3.36.